The van der Waals surface area contributed by atoms with Crippen LogP contribution in [-0.2, 0) is 9.53 Å². The highest BCUT2D eigenvalue weighted by Crippen LogP contribution is 2.20. The lowest BCUT2D eigenvalue weighted by Gasteiger charge is -2.12. The highest BCUT2D eigenvalue weighted by atomic mass is 32.2. The van der Waals surface area contributed by atoms with E-state index in [0.717, 1.165) is 29.9 Å². The lowest BCUT2D eigenvalue weighted by Crippen LogP contribution is -2.10. The number of allylic oxidation sites excluding steroid dienone is 1. The molecule has 3 heteroatoms. The van der Waals surface area contributed by atoms with E-state index in [1.54, 1.807) is 18.0 Å². The summed E-state index contributed by atoms with van der Waals surface area (Å²) < 4.78 is 5.16. The Bertz CT molecular complexity index is 384. The van der Waals surface area contributed by atoms with Gasteiger partial charge in [-0.1, -0.05) is 18.2 Å². The molecule has 1 aromatic rings. The summed E-state index contributed by atoms with van der Waals surface area (Å²) in [6.45, 7) is 0.739. The van der Waals surface area contributed by atoms with Crippen molar-refractivity contribution in [2.24, 2.45) is 0 Å². The van der Waals surface area contributed by atoms with Gasteiger partial charge in [0.1, 0.15) is 0 Å². The average molecular weight is 234 g/mol. The van der Waals surface area contributed by atoms with Crippen LogP contribution >= 0.6 is 11.8 Å². The molecule has 0 saturated heterocycles. The van der Waals surface area contributed by atoms with Crippen LogP contribution in [0.2, 0.25) is 0 Å². The maximum absolute atomic E-state index is 11.8. The summed E-state index contributed by atoms with van der Waals surface area (Å²) in [5.74, 6) is 0.688. The van der Waals surface area contributed by atoms with Crippen molar-refractivity contribution in [3.63, 3.8) is 0 Å². The minimum atomic E-state index is 0.188. The molecule has 1 aromatic carbocycles. The van der Waals surface area contributed by atoms with E-state index in [4.69, 9.17) is 4.74 Å². The van der Waals surface area contributed by atoms with Gasteiger partial charge in [-0.25, -0.2) is 0 Å². The molecule has 1 heterocycles. The van der Waals surface area contributed by atoms with E-state index in [2.05, 4.69) is 0 Å². The average Bonchev–Trinajstić information content (AvgIpc) is 2.38. The molecule has 84 valence electrons. The lowest BCUT2D eigenvalue weighted by molar-refractivity contribution is -0.113. The molecule has 2 nitrogen and oxygen atoms in total. The molecule has 0 atom stereocenters. The molecule has 0 aliphatic carbocycles. The van der Waals surface area contributed by atoms with Gasteiger partial charge in [-0.2, -0.15) is 0 Å². The Labute approximate surface area is 99.7 Å². The largest absolute Gasteiger partial charge is 0.501 e. The molecule has 0 saturated carbocycles. The molecule has 16 heavy (non-hydrogen) atoms. The first-order valence-corrected chi connectivity index (χ1v) is 6.36. The third-order valence-electron chi connectivity index (χ3n) is 2.41. The molecule has 2 rings (SSSR count). The van der Waals surface area contributed by atoms with Crippen LogP contribution in [0, 0.1) is 0 Å². The maximum Gasteiger partial charge on any atom is 0.172 e. The number of carbonyl (C=O) groups is 1. The standard InChI is InChI=1S/C13H14O2S/c14-13(11-5-4-8-15-9-11)10-16-12-6-2-1-3-7-12/h1-3,6-7,9H,4-5,8,10H2. The SMILES string of the molecule is O=C(CSc1ccccc1)C1=COCCC1. The van der Waals surface area contributed by atoms with Crippen LogP contribution in [0.3, 0.4) is 0 Å². The zero-order valence-corrected chi connectivity index (χ0v) is 9.83. The molecule has 1 aliphatic heterocycles. The van der Waals surface area contributed by atoms with Crippen LogP contribution in [0.1, 0.15) is 12.8 Å². The fraction of sp³-hybridized carbons (Fsp3) is 0.308. The molecular weight excluding hydrogens is 220 g/mol. The van der Waals surface area contributed by atoms with E-state index >= 15 is 0 Å². The van der Waals surface area contributed by atoms with Gasteiger partial charge in [0.25, 0.3) is 0 Å². The highest BCUT2D eigenvalue weighted by Gasteiger charge is 2.13. The van der Waals surface area contributed by atoms with E-state index < -0.39 is 0 Å². The molecule has 0 unspecified atom stereocenters. The molecular formula is C13H14O2S. The van der Waals surface area contributed by atoms with E-state index in [-0.39, 0.29) is 5.78 Å². The van der Waals surface area contributed by atoms with Crippen molar-refractivity contribution >= 4 is 17.5 Å². The van der Waals surface area contributed by atoms with Crippen molar-refractivity contribution in [1.82, 2.24) is 0 Å². The fourth-order valence-corrected chi connectivity index (χ4v) is 2.36. The first-order chi connectivity index (χ1) is 7.86. The first kappa shape index (κ1) is 11.3. The number of benzene rings is 1. The van der Waals surface area contributed by atoms with Crippen LogP contribution in [0.15, 0.2) is 47.1 Å². The Hall–Kier alpha value is -1.22. The number of rotatable bonds is 4. The molecule has 0 spiro atoms. The number of thioether (sulfide) groups is 1. The van der Waals surface area contributed by atoms with Gasteiger partial charge in [-0.15, -0.1) is 11.8 Å². The van der Waals surface area contributed by atoms with Crippen molar-refractivity contribution in [3.8, 4) is 0 Å². The van der Waals surface area contributed by atoms with Gasteiger partial charge in [0, 0.05) is 10.5 Å². The summed E-state index contributed by atoms with van der Waals surface area (Å²) in [6.07, 6.45) is 3.43. The van der Waals surface area contributed by atoms with Crippen molar-refractivity contribution in [2.45, 2.75) is 17.7 Å². The van der Waals surface area contributed by atoms with Gasteiger partial charge in [0.05, 0.1) is 18.6 Å². The number of hydrogen-bond acceptors (Lipinski definition) is 3. The summed E-state index contributed by atoms with van der Waals surface area (Å²) in [5, 5.41) is 0. The van der Waals surface area contributed by atoms with Crippen LogP contribution in [0.25, 0.3) is 0 Å². The molecule has 0 aromatic heterocycles. The zero-order chi connectivity index (χ0) is 11.2. The van der Waals surface area contributed by atoms with Gasteiger partial charge in [0.2, 0.25) is 0 Å². The van der Waals surface area contributed by atoms with Crippen molar-refractivity contribution in [1.29, 1.82) is 0 Å². The number of ketones is 1. The second-order valence-electron chi connectivity index (χ2n) is 3.64. The third-order valence-corrected chi connectivity index (χ3v) is 3.42. The van der Waals surface area contributed by atoms with Gasteiger partial charge in [-0.05, 0) is 25.0 Å². The molecule has 0 radical (unpaired) electrons. The Morgan fingerprint density at radius 3 is 2.81 bits per heavy atom. The number of carbonyl (C=O) groups excluding carboxylic acids is 1. The lowest BCUT2D eigenvalue weighted by atomic mass is 10.1. The second kappa shape index (κ2) is 5.75. The van der Waals surface area contributed by atoms with Crippen molar-refractivity contribution < 1.29 is 9.53 Å². The Morgan fingerprint density at radius 1 is 1.31 bits per heavy atom. The maximum atomic E-state index is 11.8. The Morgan fingerprint density at radius 2 is 2.12 bits per heavy atom. The predicted molar refractivity (Wildman–Crippen MR) is 65.4 cm³/mol. The molecule has 0 amide bonds. The van der Waals surface area contributed by atoms with Crippen LogP contribution in [-0.4, -0.2) is 18.1 Å². The summed E-state index contributed by atoms with van der Waals surface area (Å²) >= 11 is 1.58. The summed E-state index contributed by atoms with van der Waals surface area (Å²) in [5.41, 5.74) is 0.828. The van der Waals surface area contributed by atoms with Gasteiger partial charge >= 0.3 is 0 Å². The van der Waals surface area contributed by atoms with Crippen LogP contribution < -0.4 is 0 Å². The smallest absolute Gasteiger partial charge is 0.172 e. The van der Waals surface area contributed by atoms with Crippen molar-refractivity contribution in [3.05, 3.63) is 42.2 Å². The Balaban J connectivity index is 1.86. The first-order valence-electron chi connectivity index (χ1n) is 5.38. The quantitative estimate of drug-likeness (QED) is 0.749. The van der Waals surface area contributed by atoms with Gasteiger partial charge in [-0.3, -0.25) is 4.79 Å². The topological polar surface area (TPSA) is 26.3 Å². The zero-order valence-electron chi connectivity index (χ0n) is 9.02. The van der Waals surface area contributed by atoms with Gasteiger partial charge < -0.3 is 4.74 Å². The highest BCUT2D eigenvalue weighted by molar-refractivity contribution is 8.00. The fourth-order valence-electron chi connectivity index (χ4n) is 1.53. The number of Topliss-reactive ketones (excluding diaryl/α,β-unsaturated/α-hetero) is 1. The van der Waals surface area contributed by atoms with E-state index in [9.17, 15) is 4.79 Å². The molecule has 0 fully saturated rings. The van der Waals surface area contributed by atoms with E-state index in [1.165, 1.54) is 0 Å². The second-order valence-corrected chi connectivity index (χ2v) is 4.69. The summed E-state index contributed by atoms with van der Waals surface area (Å²) in [6, 6.07) is 9.97. The monoisotopic (exact) mass is 234 g/mol. The minimum absolute atomic E-state index is 0.188. The van der Waals surface area contributed by atoms with Crippen LogP contribution in [0.4, 0.5) is 0 Å². The molecule has 0 bridgehead atoms. The van der Waals surface area contributed by atoms with Crippen LogP contribution in [0.5, 0.6) is 0 Å². The third kappa shape index (κ3) is 3.14. The normalized spacial score (nSPS) is 15.1. The minimum Gasteiger partial charge on any atom is -0.501 e. The predicted octanol–water partition coefficient (Wildman–Crippen LogP) is 3.04. The molecule has 1 aliphatic rings. The van der Waals surface area contributed by atoms with Gasteiger partial charge in [0.15, 0.2) is 5.78 Å². The number of ether oxygens (including phenoxy) is 1. The van der Waals surface area contributed by atoms with Crippen molar-refractivity contribution in [2.75, 3.05) is 12.4 Å². The summed E-state index contributed by atoms with van der Waals surface area (Å²) in [7, 11) is 0. The Kier molecular flexibility index (Phi) is 4.05. The molecule has 0 N–H and O–H groups in total. The van der Waals surface area contributed by atoms with E-state index in [0.29, 0.717) is 5.75 Å². The number of hydrogen-bond donors (Lipinski definition) is 0. The summed E-state index contributed by atoms with van der Waals surface area (Å²) in [4.78, 5) is 12.9. The van der Waals surface area contributed by atoms with E-state index in [1.807, 2.05) is 30.3 Å².